The van der Waals surface area contributed by atoms with Gasteiger partial charge in [-0.25, -0.2) is 4.79 Å². The average molecular weight is 220 g/mol. The number of hydrogen-bond acceptors (Lipinski definition) is 3. The van der Waals surface area contributed by atoms with Gasteiger partial charge in [-0.2, -0.15) is 5.10 Å². The lowest BCUT2D eigenvalue weighted by atomic mass is 10.2. The first-order chi connectivity index (χ1) is 7.74. The van der Waals surface area contributed by atoms with Crippen molar-refractivity contribution in [2.24, 2.45) is 5.10 Å². The van der Waals surface area contributed by atoms with Crippen molar-refractivity contribution in [3.63, 3.8) is 0 Å². The number of anilines is 1. The van der Waals surface area contributed by atoms with Crippen LogP contribution in [0.3, 0.4) is 0 Å². The lowest BCUT2D eigenvalue weighted by molar-refractivity contribution is -0.129. The second-order valence-corrected chi connectivity index (χ2v) is 3.45. The molecule has 0 radical (unpaired) electrons. The molecule has 4 heteroatoms. The largest absolute Gasteiger partial charge is 0.477 e. The van der Waals surface area contributed by atoms with Crippen LogP contribution in [0.15, 0.2) is 35.4 Å². The predicted octanol–water partition coefficient (Wildman–Crippen LogP) is 2.73. The first kappa shape index (κ1) is 12.2. The fourth-order valence-electron chi connectivity index (χ4n) is 1.20. The van der Waals surface area contributed by atoms with Crippen LogP contribution in [0.25, 0.3) is 0 Å². The zero-order chi connectivity index (χ0) is 11.8. The zero-order valence-corrected chi connectivity index (χ0v) is 9.31. The van der Waals surface area contributed by atoms with Crippen molar-refractivity contribution in [3.05, 3.63) is 30.3 Å². The molecule has 0 bridgehead atoms. The third kappa shape index (κ3) is 4.13. The summed E-state index contributed by atoms with van der Waals surface area (Å²) >= 11 is 0. The molecule has 0 saturated heterocycles. The number of carboxylic acid groups (broad SMARTS) is 1. The van der Waals surface area contributed by atoms with Crippen molar-refractivity contribution in [2.75, 3.05) is 5.43 Å². The molecule has 86 valence electrons. The van der Waals surface area contributed by atoms with Gasteiger partial charge in [0.05, 0.1) is 5.69 Å². The lowest BCUT2D eigenvalue weighted by Gasteiger charge is -2.02. The molecular weight excluding hydrogens is 204 g/mol. The van der Waals surface area contributed by atoms with Gasteiger partial charge in [-0.3, -0.25) is 5.43 Å². The molecule has 0 unspecified atom stereocenters. The fraction of sp³-hybridized carbons (Fsp3) is 0.333. The van der Waals surface area contributed by atoms with E-state index in [0.29, 0.717) is 6.42 Å². The summed E-state index contributed by atoms with van der Waals surface area (Å²) in [6, 6.07) is 9.30. The number of rotatable bonds is 6. The number of carboxylic acids is 1. The Labute approximate surface area is 95.0 Å². The first-order valence-electron chi connectivity index (χ1n) is 5.35. The molecule has 2 N–H and O–H groups in total. The average Bonchev–Trinajstić information content (AvgIpc) is 2.30. The van der Waals surface area contributed by atoms with Crippen LogP contribution < -0.4 is 5.43 Å². The second kappa shape index (κ2) is 6.61. The molecular formula is C12H16N2O2. The second-order valence-electron chi connectivity index (χ2n) is 3.45. The number of unbranched alkanes of at least 4 members (excludes halogenated alkanes) is 1. The SMILES string of the molecule is CCCCC(=NNc1ccccc1)C(=O)O. The summed E-state index contributed by atoms with van der Waals surface area (Å²) in [7, 11) is 0. The number of benzene rings is 1. The molecule has 0 fully saturated rings. The van der Waals surface area contributed by atoms with Gasteiger partial charge in [-0.1, -0.05) is 31.5 Å². The molecule has 0 aliphatic carbocycles. The van der Waals surface area contributed by atoms with E-state index in [0.717, 1.165) is 18.5 Å². The number of nitrogens with zero attached hydrogens (tertiary/aromatic N) is 1. The highest BCUT2D eigenvalue weighted by Crippen LogP contribution is 2.05. The van der Waals surface area contributed by atoms with Gasteiger partial charge >= 0.3 is 5.97 Å². The number of aliphatic carboxylic acids is 1. The molecule has 0 aliphatic heterocycles. The maximum absolute atomic E-state index is 10.9. The predicted molar refractivity (Wildman–Crippen MR) is 64.7 cm³/mol. The highest BCUT2D eigenvalue weighted by molar-refractivity contribution is 6.35. The smallest absolute Gasteiger partial charge is 0.352 e. The summed E-state index contributed by atoms with van der Waals surface area (Å²) in [4.78, 5) is 10.9. The monoisotopic (exact) mass is 220 g/mol. The molecule has 1 aromatic carbocycles. The molecule has 0 spiro atoms. The Bertz CT molecular complexity index is 361. The molecule has 16 heavy (non-hydrogen) atoms. The number of nitrogens with one attached hydrogen (secondary N) is 1. The quantitative estimate of drug-likeness (QED) is 0.572. The molecule has 0 aromatic heterocycles. The number of hydrogen-bond donors (Lipinski definition) is 2. The van der Waals surface area contributed by atoms with E-state index in [1.165, 1.54) is 0 Å². The number of para-hydroxylation sites is 1. The molecule has 1 aromatic rings. The van der Waals surface area contributed by atoms with Gasteiger partial charge in [-0.15, -0.1) is 0 Å². The van der Waals surface area contributed by atoms with Crippen LogP contribution in [0.1, 0.15) is 26.2 Å². The minimum Gasteiger partial charge on any atom is -0.477 e. The highest BCUT2D eigenvalue weighted by atomic mass is 16.4. The van der Waals surface area contributed by atoms with Gasteiger partial charge in [0, 0.05) is 0 Å². The van der Waals surface area contributed by atoms with E-state index >= 15 is 0 Å². The van der Waals surface area contributed by atoms with Crippen LogP contribution in [-0.2, 0) is 4.79 Å². The van der Waals surface area contributed by atoms with Crippen molar-refractivity contribution in [1.82, 2.24) is 0 Å². The lowest BCUT2D eigenvalue weighted by Crippen LogP contribution is -2.14. The topological polar surface area (TPSA) is 61.7 Å². The summed E-state index contributed by atoms with van der Waals surface area (Å²) in [5.74, 6) is -0.961. The van der Waals surface area contributed by atoms with Crippen molar-refractivity contribution in [1.29, 1.82) is 0 Å². The van der Waals surface area contributed by atoms with Crippen LogP contribution in [0.5, 0.6) is 0 Å². The number of carbonyl (C=O) groups is 1. The Kier molecular flexibility index (Phi) is 5.05. The Morgan fingerprint density at radius 2 is 2.06 bits per heavy atom. The van der Waals surface area contributed by atoms with Gasteiger partial charge in [0.2, 0.25) is 0 Å². The summed E-state index contributed by atoms with van der Waals surface area (Å²) in [5.41, 5.74) is 3.70. The minimum absolute atomic E-state index is 0.172. The summed E-state index contributed by atoms with van der Waals surface area (Å²) in [6.07, 6.45) is 2.28. The summed E-state index contributed by atoms with van der Waals surface area (Å²) in [6.45, 7) is 2.02. The molecule has 0 saturated carbocycles. The van der Waals surface area contributed by atoms with Crippen LogP contribution in [0, 0.1) is 0 Å². The van der Waals surface area contributed by atoms with Crippen molar-refractivity contribution >= 4 is 17.4 Å². The fourth-order valence-corrected chi connectivity index (χ4v) is 1.20. The third-order valence-corrected chi connectivity index (χ3v) is 2.11. The van der Waals surface area contributed by atoms with Gasteiger partial charge in [0.15, 0.2) is 0 Å². The van der Waals surface area contributed by atoms with Gasteiger partial charge in [0.1, 0.15) is 5.71 Å². The third-order valence-electron chi connectivity index (χ3n) is 2.11. The van der Waals surface area contributed by atoms with E-state index in [1.807, 2.05) is 37.3 Å². The maximum Gasteiger partial charge on any atom is 0.352 e. The molecule has 0 atom stereocenters. The Hall–Kier alpha value is -1.84. The zero-order valence-electron chi connectivity index (χ0n) is 9.31. The standard InChI is InChI=1S/C12H16N2O2/c1-2-3-9-11(12(15)16)14-13-10-7-5-4-6-8-10/h4-8,13H,2-3,9H2,1H3,(H,15,16). The van der Waals surface area contributed by atoms with E-state index in [9.17, 15) is 4.79 Å². The minimum atomic E-state index is -0.961. The molecule has 0 heterocycles. The van der Waals surface area contributed by atoms with Crippen LogP contribution in [0.2, 0.25) is 0 Å². The van der Waals surface area contributed by atoms with E-state index in [2.05, 4.69) is 10.5 Å². The Morgan fingerprint density at radius 3 is 2.62 bits per heavy atom. The van der Waals surface area contributed by atoms with E-state index < -0.39 is 5.97 Å². The first-order valence-corrected chi connectivity index (χ1v) is 5.35. The van der Waals surface area contributed by atoms with Crippen molar-refractivity contribution < 1.29 is 9.90 Å². The van der Waals surface area contributed by atoms with E-state index in [4.69, 9.17) is 5.11 Å². The van der Waals surface area contributed by atoms with Crippen molar-refractivity contribution in [3.8, 4) is 0 Å². The van der Waals surface area contributed by atoms with Crippen LogP contribution in [-0.4, -0.2) is 16.8 Å². The van der Waals surface area contributed by atoms with E-state index in [1.54, 1.807) is 0 Å². The van der Waals surface area contributed by atoms with Crippen LogP contribution >= 0.6 is 0 Å². The van der Waals surface area contributed by atoms with E-state index in [-0.39, 0.29) is 5.71 Å². The summed E-state index contributed by atoms with van der Waals surface area (Å²) < 4.78 is 0. The molecule has 0 aliphatic rings. The van der Waals surface area contributed by atoms with Gasteiger partial charge in [-0.05, 0) is 25.0 Å². The van der Waals surface area contributed by atoms with Gasteiger partial charge < -0.3 is 5.11 Å². The Morgan fingerprint density at radius 1 is 1.38 bits per heavy atom. The number of hydrazone groups is 1. The highest BCUT2D eigenvalue weighted by Gasteiger charge is 2.08. The Balaban J connectivity index is 2.61. The maximum atomic E-state index is 10.9. The van der Waals surface area contributed by atoms with Crippen molar-refractivity contribution in [2.45, 2.75) is 26.2 Å². The van der Waals surface area contributed by atoms with Crippen LogP contribution in [0.4, 0.5) is 5.69 Å². The van der Waals surface area contributed by atoms with Gasteiger partial charge in [0.25, 0.3) is 0 Å². The molecule has 4 nitrogen and oxygen atoms in total. The summed E-state index contributed by atoms with van der Waals surface area (Å²) in [5, 5.41) is 12.8. The molecule has 1 rings (SSSR count). The normalized spacial score (nSPS) is 11.2. The molecule has 0 amide bonds.